The van der Waals surface area contributed by atoms with Crippen LogP contribution in [0, 0.1) is 0 Å². The zero-order chi connectivity index (χ0) is 17.2. The van der Waals surface area contributed by atoms with Gasteiger partial charge in [-0.3, -0.25) is 9.78 Å². The number of fused-ring (bicyclic) bond motifs is 1. The molecule has 0 bridgehead atoms. The Balaban J connectivity index is 1.93. The minimum atomic E-state index is -0.0463. The number of alkyl halides is 1. The Morgan fingerprint density at radius 2 is 1.72 bits per heavy atom. The van der Waals surface area contributed by atoms with Crippen LogP contribution in [0.1, 0.15) is 21.6 Å². The number of hydrogen-bond acceptors (Lipinski definition) is 2. The molecule has 4 heteroatoms. The van der Waals surface area contributed by atoms with Crippen molar-refractivity contribution in [3.63, 3.8) is 0 Å². The lowest BCUT2D eigenvalue weighted by atomic mass is 9.94. The number of carbonyl (C=O) groups is 1. The molecule has 3 aromatic rings. The first-order valence-electron chi connectivity index (χ1n) is 8.29. The van der Waals surface area contributed by atoms with Gasteiger partial charge in [0.2, 0.25) is 0 Å². The molecule has 1 aliphatic heterocycles. The van der Waals surface area contributed by atoms with Crippen LogP contribution in [0.25, 0.3) is 22.4 Å². The molecule has 124 valence electrons. The van der Waals surface area contributed by atoms with Crippen LogP contribution in [0.15, 0.2) is 60.7 Å². The van der Waals surface area contributed by atoms with Crippen molar-refractivity contribution in [2.75, 3.05) is 6.54 Å². The minimum Gasteiger partial charge on any atom is -0.352 e. The van der Waals surface area contributed by atoms with Gasteiger partial charge in [0.1, 0.15) is 0 Å². The van der Waals surface area contributed by atoms with Gasteiger partial charge in [-0.1, -0.05) is 54.6 Å². The number of aromatic nitrogens is 1. The largest absolute Gasteiger partial charge is 0.352 e. The van der Waals surface area contributed by atoms with Gasteiger partial charge in [0, 0.05) is 30.0 Å². The topological polar surface area (TPSA) is 42.0 Å². The lowest BCUT2D eigenvalue weighted by Crippen LogP contribution is -2.32. The van der Waals surface area contributed by atoms with Crippen LogP contribution < -0.4 is 5.32 Å². The van der Waals surface area contributed by atoms with E-state index in [1.165, 1.54) is 0 Å². The molecule has 1 N–H and O–H groups in total. The van der Waals surface area contributed by atoms with Gasteiger partial charge in [-0.2, -0.15) is 0 Å². The molecular weight excluding hydrogens is 332 g/mol. The SMILES string of the molecule is O=C1NCCc2nc(-c3ccc(CCl)cc3)c(-c3ccccc3)cc21. The number of halogens is 1. The van der Waals surface area contributed by atoms with Crippen LogP contribution in [0.4, 0.5) is 0 Å². The zero-order valence-electron chi connectivity index (χ0n) is 13.6. The Kier molecular flexibility index (Phi) is 4.24. The molecule has 0 spiro atoms. The number of nitrogens with one attached hydrogen (secondary N) is 1. The van der Waals surface area contributed by atoms with E-state index in [9.17, 15) is 4.79 Å². The smallest absolute Gasteiger partial charge is 0.253 e. The first kappa shape index (κ1) is 15.9. The second-order valence-electron chi connectivity index (χ2n) is 6.08. The number of pyridine rings is 1. The van der Waals surface area contributed by atoms with E-state index in [2.05, 4.69) is 5.32 Å². The standard InChI is InChI=1S/C21H17ClN2O/c22-13-14-6-8-16(9-7-14)20-17(15-4-2-1-3-5-15)12-18-19(24-20)10-11-23-21(18)25/h1-9,12H,10-11,13H2,(H,23,25). The van der Waals surface area contributed by atoms with Crippen molar-refractivity contribution in [1.82, 2.24) is 10.3 Å². The summed E-state index contributed by atoms with van der Waals surface area (Å²) in [4.78, 5) is 17.1. The number of hydrogen-bond donors (Lipinski definition) is 1. The second kappa shape index (κ2) is 6.69. The predicted octanol–water partition coefficient (Wildman–Crippen LogP) is 4.44. The van der Waals surface area contributed by atoms with Crippen molar-refractivity contribution in [3.05, 3.63) is 77.5 Å². The van der Waals surface area contributed by atoms with E-state index in [4.69, 9.17) is 16.6 Å². The van der Waals surface area contributed by atoms with Crippen LogP contribution in [-0.2, 0) is 12.3 Å². The van der Waals surface area contributed by atoms with Crippen molar-refractivity contribution in [2.45, 2.75) is 12.3 Å². The molecule has 4 rings (SSSR count). The second-order valence-corrected chi connectivity index (χ2v) is 6.35. The summed E-state index contributed by atoms with van der Waals surface area (Å²) in [5, 5.41) is 2.90. The van der Waals surface area contributed by atoms with Crippen LogP contribution >= 0.6 is 11.6 Å². The van der Waals surface area contributed by atoms with Crippen molar-refractivity contribution in [1.29, 1.82) is 0 Å². The van der Waals surface area contributed by atoms with Crippen LogP contribution in [0.3, 0.4) is 0 Å². The van der Waals surface area contributed by atoms with Crippen LogP contribution in [-0.4, -0.2) is 17.4 Å². The number of carbonyl (C=O) groups excluding carboxylic acids is 1. The van der Waals surface area contributed by atoms with Gasteiger partial charge in [0.05, 0.1) is 17.0 Å². The van der Waals surface area contributed by atoms with E-state index in [-0.39, 0.29) is 5.91 Å². The molecule has 0 saturated carbocycles. The predicted molar refractivity (Wildman–Crippen MR) is 101 cm³/mol. The maximum atomic E-state index is 12.2. The van der Waals surface area contributed by atoms with Crippen molar-refractivity contribution < 1.29 is 4.79 Å². The highest BCUT2D eigenvalue weighted by molar-refractivity contribution is 6.17. The van der Waals surface area contributed by atoms with Crippen molar-refractivity contribution >= 4 is 17.5 Å². The summed E-state index contributed by atoms with van der Waals surface area (Å²) >= 11 is 5.90. The Bertz CT molecular complexity index is 921. The third-order valence-corrected chi connectivity index (χ3v) is 4.77. The van der Waals surface area contributed by atoms with Crippen molar-refractivity contribution in [2.24, 2.45) is 0 Å². The molecule has 1 aromatic heterocycles. The summed E-state index contributed by atoms with van der Waals surface area (Å²) in [7, 11) is 0. The summed E-state index contributed by atoms with van der Waals surface area (Å²) in [6.07, 6.45) is 0.753. The first-order chi connectivity index (χ1) is 12.3. The summed E-state index contributed by atoms with van der Waals surface area (Å²) in [6.45, 7) is 0.633. The highest BCUT2D eigenvalue weighted by Crippen LogP contribution is 2.33. The quantitative estimate of drug-likeness (QED) is 0.711. The lowest BCUT2D eigenvalue weighted by molar-refractivity contribution is 0.0945. The summed E-state index contributed by atoms with van der Waals surface area (Å²) in [6, 6.07) is 20.2. The Morgan fingerprint density at radius 1 is 0.960 bits per heavy atom. The Hall–Kier alpha value is -2.65. The van der Waals surface area contributed by atoms with E-state index in [1.807, 2.05) is 60.7 Å². The lowest BCUT2D eigenvalue weighted by Gasteiger charge is -2.19. The van der Waals surface area contributed by atoms with E-state index in [0.29, 0.717) is 18.0 Å². The van der Waals surface area contributed by atoms with Crippen LogP contribution in [0.2, 0.25) is 0 Å². The van der Waals surface area contributed by atoms with Gasteiger partial charge < -0.3 is 5.32 Å². The van der Waals surface area contributed by atoms with Crippen molar-refractivity contribution in [3.8, 4) is 22.4 Å². The monoisotopic (exact) mass is 348 g/mol. The Morgan fingerprint density at radius 3 is 2.44 bits per heavy atom. The van der Waals surface area contributed by atoms with E-state index >= 15 is 0 Å². The molecule has 3 nitrogen and oxygen atoms in total. The normalized spacial score (nSPS) is 13.2. The molecule has 0 atom stereocenters. The van der Waals surface area contributed by atoms with Gasteiger partial charge in [0.15, 0.2) is 0 Å². The molecule has 0 saturated heterocycles. The maximum Gasteiger partial charge on any atom is 0.253 e. The highest BCUT2D eigenvalue weighted by atomic mass is 35.5. The summed E-state index contributed by atoms with van der Waals surface area (Å²) in [5.41, 5.74) is 6.56. The molecule has 2 aromatic carbocycles. The Labute approximate surface area is 151 Å². The third-order valence-electron chi connectivity index (χ3n) is 4.46. The first-order valence-corrected chi connectivity index (χ1v) is 8.82. The fourth-order valence-electron chi connectivity index (χ4n) is 3.14. The molecular formula is C21H17ClN2O. The third kappa shape index (κ3) is 3.03. The van der Waals surface area contributed by atoms with E-state index in [0.717, 1.165) is 40.1 Å². The van der Waals surface area contributed by atoms with E-state index in [1.54, 1.807) is 0 Å². The zero-order valence-corrected chi connectivity index (χ0v) is 14.4. The van der Waals surface area contributed by atoms with Crippen LogP contribution in [0.5, 0.6) is 0 Å². The summed E-state index contributed by atoms with van der Waals surface area (Å²) in [5.74, 6) is 0.443. The molecule has 0 radical (unpaired) electrons. The van der Waals surface area contributed by atoms with Gasteiger partial charge >= 0.3 is 0 Å². The van der Waals surface area contributed by atoms with Gasteiger partial charge in [-0.15, -0.1) is 11.6 Å². The highest BCUT2D eigenvalue weighted by Gasteiger charge is 2.22. The van der Waals surface area contributed by atoms with E-state index < -0.39 is 0 Å². The molecule has 1 amide bonds. The molecule has 1 aliphatic rings. The number of benzene rings is 2. The molecule has 0 unspecified atom stereocenters. The fraction of sp³-hybridized carbons (Fsp3) is 0.143. The number of nitrogens with zero attached hydrogens (tertiary/aromatic N) is 1. The summed E-state index contributed by atoms with van der Waals surface area (Å²) < 4.78 is 0. The molecule has 25 heavy (non-hydrogen) atoms. The number of amides is 1. The molecule has 0 fully saturated rings. The minimum absolute atomic E-state index is 0.0463. The van der Waals surface area contributed by atoms with Gasteiger partial charge in [0.25, 0.3) is 5.91 Å². The van der Waals surface area contributed by atoms with Gasteiger partial charge in [-0.25, -0.2) is 0 Å². The average molecular weight is 349 g/mol. The molecule has 2 heterocycles. The fourth-order valence-corrected chi connectivity index (χ4v) is 3.32. The number of rotatable bonds is 3. The maximum absolute atomic E-state index is 12.2. The average Bonchev–Trinajstić information content (AvgIpc) is 2.68. The molecule has 0 aliphatic carbocycles. The van der Waals surface area contributed by atoms with Gasteiger partial charge in [-0.05, 0) is 17.2 Å².